The molecule has 0 aliphatic heterocycles. The quantitative estimate of drug-likeness (QED) is 0.541. The van der Waals surface area contributed by atoms with Crippen LogP contribution in [0, 0.1) is 0 Å². The number of benzene rings is 2. The predicted molar refractivity (Wildman–Crippen MR) is 108 cm³/mol. The third-order valence-electron chi connectivity index (χ3n) is 5.00. The molecule has 0 atom stereocenters. The van der Waals surface area contributed by atoms with Gasteiger partial charge in [-0.15, -0.1) is 0 Å². The molecule has 0 amide bonds. The summed E-state index contributed by atoms with van der Waals surface area (Å²) in [6.07, 6.45) is 6.77. The normalized spacial score (nSPS) is 12.9. The number of nitrogens with zero attached hydrogens (tertiary/aromatic N) is 2. The maximum Gasteiger partial charge on any atom is 0.142 e. The first kappa shape index (κ1) is 15.6. The van der Waals surface area contributed by atoms with Gasteiger partial charge in [0, 0.05) is 29.3 Å². The molecule has 1 aliphatic carbocycles. The van der Waals surface area contributed by atoms with E-state index in [-0.39, 0.29) is 0 Å². The average Bonchev–Trinajstić information content (AvgIpc) is 3.34. The molecular weight excluding hydrogens is 336 g/mol. The summed E-state index contributed by atoms with van der Waals surface area (Å²) in [7, 11) is 1.61. The number of nitrogens with two attached hydrogens (primary N) is 1. The summed E-state index contributed by atoms with van der Waals surface area (Å²) in [5, 5.41) is 1.19. The zero-order valence-corrected chi connectivity index (χ0v) is 14.9. The van der Waals surface area contributed by atoms with Crippen LogP contribution in [0.5, 0.6) is 5.75 Å². The molecule has 2 aromatic carbocycles. The molecule has 5 heteroatoms. The Bertz CT molecular complexity index is 1210. The van der Waals surface area contributed by atoms with Crippen molar-refractivity contribution in [1.29, 1.82) is 0 Å². The molecule has 0 radical (unpaired) electrons. The predicted octanol–water partition coefficient (Wildman–Crippen LogP) is 4.20. The topological polar surface area (TPSA) is 76.8 Å². The number of aromatic nitrogens is 3. The van der Waals surface area contributed by atoms with Gasteiger partial charge in [0.05, 0.1) is 36.1 Å². The third kappa shape index (κ3) is 2.56. The van der Waals surface area contributed by atoms with Crippen molar-refractivity contribution < 1.29 is 4.74 Å². The highest BCUT2D eigenvalue weighted by Gasteiger charge is 2.20. The lowest BCUT2D eigenvalue weighted by Gasteiger charge is -2.10. The molecule has 132 valence electrons. The number of hydrogen-bond donors (Lipinski definition) is 2. The minimum absolute atomic E-state index is 0.607. The molecule has 3 N–H and O–H groups in total. The number of nitrogen functional groups attached to an aromatic ring is 1. The van der Waals surface area contributed by atoms with E-state index in [1.54, 1.807) is 7.11 Å². The van der Waals surface area contributed by atoms with Crippen LogP contribution in [-0.2, 0) is 6.42 Å². The number of methoxy groups -OCH3 is 1. The maximum atomic E-state index is 5.93. The monoisotopic (exact) mass is 354 g/mol. The second-order valence-electron chi connectivity index (χ2n) is 6.61. The molecule has 4 aromatic rings. The minimum Gasteiger partial charge on any atom is -0.495 e. The molecular formula is C22H18N4O. The minimum atomic E-state index is 0.607. The van der Waals surface area contributed by atoms with Crippen LogP contribution in [0.3, 0.4) is 0 Å². The van der Waals surface area contributed by atoms with Crippen molar-refractivity contribution in [3.63, 3.8) is 0 Å². The average molecular weight is 354 g/mol. The van der Waals surface area contributed by atoms with Gasteiger partial charge >= 0.3 is 0 Å². The van der Waals surface area contributed by atoms with E-state index < -0.39 is 0 Å². The molecule has 0 unspecified atom stereocenters. The van der Waals surface area contributed by atoms with Crippen LogP contribution in [0.1, 0.15) is 17.0 Å². The number of aromatic amines is 1. The van der Waals surface area contributed by atoms with Crippen molar-refractivity contribution in [2.75, 3.05) is 12.8 Å². The fourth-order valence-electron chi connectivity index (χ4n) is 3.56. The number of hydrogen-bond acceptors (Lipinski definition) is 4. The van der Waals surface area contributed by atoms with Gasteiger partial charge in [0.15, 0.2) is 0 Å². The summed E-state index contributed by atoms with van der Waals surface area (Å²) < 4.78 is 5.34. The van der Waals surface area contributed by atoms with E-state index in [1.807, 2.05) is 30.6 Å². The molecule has 5 rings (SSSR count). The lowest BCUT2D eigenvalue weighted by Crippen LogP contribution is -1.98. The van der Waals surface area contributed by atoms with Crippen LogP contribution in [-0.4, -0.2) is 22.1 Å². The van der Waals surface area contributed by atoms with E-state index in [1.165, 1.54) is 5.39 Å². The Labute approximate surface area is 156 Å². The van der Waals surface area contributed by atoms with Crippen LogP contribution in [0.4, 0.5) is 5.69 Å². The smallest absolute Gasteiger partial charge is 0.142 e. The van der Waals surface area contributed by atoms with E-state index in [4.69, 9.17) is 15.5 Å². The Kier molecular flexibility index (Phi) is 3.47. The first-order valence-corrected chi connectivity index (χ1v) is 8.81. The van der Waals surface area contributed by atoms with Gasteiger partial charge in [-0.3, -0.25) is 4.98 Å². The molecule has 0 bridgehead atoms. The van der Waals surface area contributed by atoms with Crippen molar-refractivity contribution in [2.24, 2.45) is 0 Å². The molecule has 27 heavy (non-hydrogen) atoms. The maximum absolute atomic E-state index is 5.93. The van der Waals surface area contributed by atoms with Crippen molar-refractivity contribution in [1.82, 2.24) is 15.0 Å². The van der Waals surface area contributed by atoms with Gasteiger partial charge in [-0.1, -0.05) is 18.2 Å². The zero-order valence-electron chi connectivity index (χ0n) is 14.9. The van der Waals surface area contributed by atoms with E-state index in [2.05, 4.69) is 40.3 Å². The van der Waals surface area contributed by atoms with Gasteiger partial charge in [-0.2, -0.15) is 0 Å². The second-order valence-corrected chi connectivity index (χ2v) is 6.61. The van der Waals surface area contributed by atoms with Crippen molar-refractivity contribution in [3.8, 4) is 17.0 Å². The first-order chi connectivity index (χ1) is 13.2. The fraction of sp³-hybridized carbons (Fsp3) is 0.0909. The van der Waals surface area contributed by atoms with E-state index in [9.17, 15) is 0 Å². The molecule has 2 heterocycles. The van der Waals surface area contributed by atoms with Crippen LogP contribution in [0.25, 0.3) is 27.7 Å². The Morgan fingerprint density at radius 3 is 2.85 bits per heavy atom. The van der Waals surface area contributed by atoms with Gasteiger partial charge in [0.1, 0.15) is 5.75 Å². The highest BCUT2D eigenvalue weighted by molar-refractivity contribution is 5.89. The van der Waals surface area contributed by atoms with Gasteiger partial charge in [0.2, 0.25) is 0 Å². The molecule has 2 aromatic heterocycles. The largest absolute Gasteiger partial charge is 0.495 e. The number of fused-ring (bicyclic) bond motifs is 2. The van der Waals surface area contributed by atoms with Crippen LogP contribution in [0.2, 0.25) is 0 Å². The van der Waals surface area contributed by atoms with Crippen molar-refractivity contribution in [2.45, 2.75) is 6.42 Å². The lowest BCUT2D eigenvalue weighted by atomic mass is 10.0. The number of ether oxygens (including phenoxy) is 1. The molecule has 1 aliphatic rings. The first-order valence-electron chi connectivity index (χ1n) is 8.81. The SMILES string of the molecule is COc1cc(-c2cnc3c(n2)C(c2ccc4[nH]ccc4c2)=CC3)ccc1N. The highest BCUT2D eigenvalue weighted by Crippen LogP contribution is 2.34. The molecule has 0 saturated heterocycles. The number of nitrogens with one attached hydrogen (secondary N) is 1. The third-order valence-corrected chi connectivity index (χ3v) is 5.00. The van der Waals surface area contributed by atoms with E-state index >= 15 is 0 Å². The second kappa shape index (κ2) is 5.99. The molecule has 5 nitrogen and oxygen atoms in total. The van der Waals surface area contributed by atoms with Gasteiger partial charge in [0.25, 0.3) is 0 Å². The Morgan fingerprint density at radius 1 is 1.07 bits per heavy atom. The van der Waals surface area contributed by atoms with Crippen LogP contribution < -0.4 is 10.5 Å². The number of rotatable bonds is 3. The molecule has 0 saturated carbocycles. The summed E-state index contributed by atoms with van der Waals surface area (Å²) in [5.74, 6) is 0.642. The molecule has 0 spiro atoms. The van der Waals surface area contributed by atoms with Gasteiger partial charge in [-0.05, 0) is 41.3 Å². The summed E-state index contributed by atoms with van der Waals surface area (Å²) >= 11 is 0. The summed E-state index contributed by atoms with van der Waals surface area (Å²) in [6.45, 7) is 0. The zero-order chi connectivity index (χ0) is 18.4. The van der Waals surface area contributed by atoms with Gasteiger partial charge in [-0.25, -0.2) is 4.98 Å². The number of H-pyrrole nitrogens is 1. The van der Waals surface area contributed by atoms with Crippen molar-refractivity contribution in [3.05, 3.63) is 77.9 Å². The van der Waals surface area contributed by atoms with E-state index in [0.29, 0.717) is 11.4 Å². The van der Waals surface area contributed by atoms with E-state index in [0.717, 1.165) is 45.7 Å². The summed E-state index contributed by atoms with van der Waals surface area (Å²) in [4.78, 5) is 12.8. The van der Waals surface area contributed by atoms with Crippen molar-refractivity contribution >= 4 is 22.2 Å². The molecule has 0 fully saturated rings. The Balaban J connectivity index is 1.58. The highest BCUT2D eigenvalue weighted by atomic mass is 16.5. The van der Waals surface area contributed by atoms with Crippen LogP contribution in [0.15, 0.2) is 60.9 Å². The summed E-state index contributed by atoms with van der Waals surface area (Å²) in [6, 6.07) is 14.2. The summed E-state index contributed by atoms with van der Waals surface area (Å²) in [5.41, 5.74) is 13.6. The standard InChI is InChI=1S/C22H18N4O/c1-27-21-11-14(2-5-17(21)23)20-12-25-19-7-4-16(22(19)26-20)13-3-6-18-15(10-13)8-9-24-18/h2-6,8-12,24H,7,23H2,1H3. The fourth-order valence-corrected chi connectivity index (χ4v) is 3.56. The van der Waals surface area contributed by atoms with Crippen LogP contribution >= 0.6 is 0 Å². The number of allylic oxidation sites excluding steroid dienone is 1. The lowest BCUT2D eigenvalue weighted by molar-refractivity contribution is 0.417. The number of anilines is 1. The Hall–Kier alpha value is -3.60. The van der Waals surface area contributed by atoms with Gasteiger partial charge < -0.3 is 15.5 Å². The Morgan fingerprint density at radius 2 is 1.96 bits per heavy atom.